The number of phenols is 1. The molecule has 2 aromatic heterocycles. The van der Waals surface area contributed by atoms with Crippen LogP contribution in [0.1, 0.15) is 0 Å². The van der Waals surface area contributed by atoms with E-state index in [1.807, 2.05) is 48.7 Å². The minimum absolute atomic E-state index is 0.308. The van der Waals surface area contributed by atoms with Crippen LogP contribution < -0.4 is 0 Å². The molecule has 0 aliphatic carbocycles. The maximum atomic E-state index is 9.23. The summed E-state index contributed by atoms with van der Waals surface area (Å²) in [7, 11) is 0. The van der Waals surface area contributed by atoms with Crippen molar-refractivity contribution in [1.29, 1.82) is 0 Å². The molecule has 0 saturated carbocycles. The average molecular weight is 251 g/mol. The quantitative estimate of drug-likeness (QED) is 0.448. The Labute approximate surface area is 109 Å². The van der Waals surface area contributed by atoms with Crippen LogP contribution in [0.4, 0.5) is 0 Å². The van der Waals surface area contributed by atoms with Gasteiger partial charge in [0.1, 0.15) is 5.75 Å². The monoisotopic (exact) mass is 251 g/mol. The van der Waals surface area contributed by atoms with Crippen LogP contribution in [-0.2, 0) is 0 Å². The third kappa shape index (κ3) is 2.28. The van der Waals surface area contributed by atoms with Crippen molar-refractivity contribution in [1.82, 2.24) is 15.0 Å². The van der Waals surface area contributed by atoms with Crippen LogP contribution >= 0.6 is 0 Å². The number of imidazole rings is 1. The smallest absolute Gasteiger partial charge is 0.139 e. The summed E-state index contributed by atoms with van der Waals surface area (Å²) in [5.41, 5.74) is 2.93. The standard InChI is InChI=1S/C8H7NO.C7H6N2/c10-7-3-1-2-6-4-5-9-8(6)7;1-2-4-7-6(3-1)8-5-9-7/h1-5,9-10H;1-5H,(H,8,9). The summed E-state index contributed by atoms with van der Waals surface area (Å²) in [5, 5.41) is 10.3. The molecule has 4 heteroatoms. The fourth-order valence-electron chi connectivity index (χ4n) is 1.95. The Morgan fingerprint density at radius 3 is 2.63 bits per heavy atom. The first kappa shape index (κ1) is 11.3. The van der Waals surface area contributed by atoms with Gasteiger partial charge in [-0.1, -0.05) is 24.3 Å². The molecule has 3 N–H and O–H groups in total. The molecule has 0 fully saturated rings. The van der Waals surface area contributed by atoms with Crippen LogP contribution in [0.25, 0.3) is 21.9 Å². The number of nitrogens with one attached hydrogen (secondary N) is 2. The summed E-state index contributed by atoms with van der Waals surface area (Å²) in [5.74, 6) is 0.308. The molecule has 0 aliphatic heterocycles. The van der Waals surface area contributed by atoms with E-state index in [9.17, 15) is 5.11 Å². The lowest BCUT2D eigenvalue weighted by atomic mass is 10.2. The number of aromatic nitrogens is 3. The number of hydrogen-bond donors (Lipinski definition) is 3. The number of benzene rings is 2. The van der Waals surface area contributed by atoms with E-state index in [0.29, 0.717) is 5.75 Å². The van der Waals surface area contributed by atoms with Gasteiger partial charge in [0.15, 0.2) is 0 Å². The lowest BCUT2D eigenvalue weighted by Crippen LogP contribution is -1.67. The van der Waals surface area contributed by atoms with Crippen LogP contribution in [0.5, 0.6) is 5.75 Å². The van der Waals surface area contributed by atoms with Crippen LogP contribution in [0.15, 0.2) is 61.1 Å². The maximum Gasteiger partial charge on any atom is 0.139 e. The number of rotatable bonds is 0. The molecule has 4 rings (SSSR count). The Morgan fingerprint density at radius 2 is 1.79 bits per heavy atom. The van der Waals surface area contributed by atoms with Crippen molar-refractivity contribution < 1.29 is 5.11 Å². The Balaban J connectivity index is 0.000000117. The number of nitrogens with zero attached hydrogens (tertiary/aromatic N) is 1. The second kappa shape index (κ2) is 4.86. The molecule has 19 heavy (non-hydrogen) atoms. The molecule has 0 saturated heterocycles. The normalized spacial score (nSPS) is 10.3. The van der Waals surface area contributed by atoms with E-state index in [1.165, 1.54) is 0 Å². The number of phenolic OH excluding ortho intramolecular Hbond substituents is 1. The lowest BCUT2D eigenvalue weighted by Gasteiger charge is -1.91. The summed E-state index contributed by atoms with van der Waals surface area (Å²) in [4.78, 5) is 10.0. The van der Waals surface area contributed by atoms with Gasteiger partial charge in [-0.05, 0) is 24.3 Å². The fourth-order valence-corrected chi connectivity index (χ4v) is 1.95. The number of para-hydroxylation sites is 3. The number of fused-ring (bicyclic) bond motifs is 2. The summed E-state index contributed by atoms with van der Waals surface area (Å²) in [6.07, 6.45) is 3.51. The van der Waals surface area contributed by atoms with Gasteiger partial charge in [-0.3, -0.25) is 0 Å². The molecule has 0 aliphatic rings. The Hall–Kier alpha value is -2.75. The van der Waals surface area contributed by atoms with Gasteiger partial charge in [0.05, 0.1) is 22.9 Å². The van der Waals surface area contributed by atoms with E-state index in [2.05, 4.69) is 15.0 Å². The number of aromatic amines is 2. The largest absolute Gasteiger partial charge is 0.506 e. The van der Waals surface area contributed by atoms with Crippen molar-refractivity contribution in [2.24, 2.45) is 0 Å². The summed E-state index contributed by atoms with van der Waals surface area (Å²) >= 11 is 0. The van der Waals surface area contributed by atoms with Gasteiger partial charge in [0.25, 0.3) is 0 Å². The molecule has 0 spiro atoms. The predicted octanol–water partition coefficient (Wildman–Crippen LogP) is 3.44. The van der Waals surface area contributed by atoms with Gasteiger partial charge in [0, 0.05) is 11.6 Å². The van der Waals surface area contributed by atoms with Gasteiger partial charge >= 0.3 is 0 Å². The van der Waals surface area contributed by atoms with Gasteiger partial charge in [-0.2, -0.15) is 0 Å². The van der Waals surface area contributed by atoms with Gasteiger partial charge in [-0.15, -0.1) is 0 Å². The van der Waals surface area contributed by atoms with Crippen molar-refractivity contribution >= 4 is 21.9 Å². The van der Waals surface area contributed by atoms with Crippen LogP contribution in [-0.4, -0.2) is 20.1 Å². The average Bonchev–Trinajstić information content (AvgIpc) is 3.08. The minimum atomic E-state index is 0.308. The van der Waals surface area contributed by atoms with Crippen molar-refractivity contribution in [3.05, 3.63) is 61.1 Å². The molecule has 4 aromatic rings. The molecule has 0 unspecified atom stereocenters. The highest BCUT2D eigenvalue weighted by atomic mass is 16.3. The number of hydrogen-bond acceptors (Lipinski definition) is 2. The maximum absolute atomic E-state index is 9.23. The highest BCUT2D eigenvalue weighted by Gasteiger charge is 1.96. The second-order valence-electron chi connectivity index (χ2n) is 4.14. The molecule has 0 amide bonds. The third-order valence-corrected chi connectivity index (χ3v) is 2.89. The van der Waals surface area contributed by atoms with E-state index in [-0.39, 0.29) is 0 Å². The van der Waals surface area contributed by atoms with E-state index < -0.39 is 0 Å². The number of H-pyrrole nitrogens is 2. The number of aromatic hydroxyl groups is 1. The molecule has 0 atom stereocenters. The first-order chi connectivity index (χ1) is 9.34. The third-order valence-electron chi connectivity index (χ3n) is 2.89. The topological polar surface area (TPSA) is 64.7 Å². The molecular weight excluding hydrogens is 238 g/mol. The highest BCUT2D eigenvalue weighted by molar-refractivity contribution is 5.84. The van der Waals surface area contributed by atoms with Crippen molar-refractivity contribution in [2.75, 3.05) is 0 Å². The van der Waals surface area contributed by atoms with Crippen LogP contribution in [0.2, 0.25) is 0 Å². The van der Waals surface area contributed by atoms with E-state index in [0.717, 1.165) is 21.9 Å². The van der Waals surface area contributed by atoms with Crippen molar-refractivity contribution in [3.8, 4) is 5.75 Å². The SMILES string of the molecule is Oc1cccc2cc[nH]c12.c1ccc2[nH]cnc2c1. The zero-order valence-corrected chi connectivity index (χ0v) is 10.2. The Morgan fingerprint density at radius 1 is 0.895 bits per heavy atom. The van der Waals surface area contributed by atoms with Gasteiger partial charge in [0.2, 0.25) is 0 Å². The van der Waals surface area contributed by atoms with Gasteiger partial charge < -0.3 is 15.1 Å². The van der Waals surface area contributed by atoms with Crippen LogP contribution in [0.3, 0.4) is 0 Å². The van der Waals surface area contributed by atoms with E-state index >= 15 is 0 Å². The van der Waals surface area contributed by atoms with E-state index in [4.69, 9.17) is 0 Å². The first-order valence-electron chi connectivity index (χ1n) is 5.98. The molecule has 4 nitrogen and oxygen atoms in total. The summed E-state index contributed by atoms with van der Waals surface area (Å²) < 4.78 is 0. The van der Waals surface area contributed by atoms with Crippen LogP contribution in [0, 0.1) is 0 Å². The zero-order chi connectivity index (χ0) is 13.1. The van der Waals surface area contributed by atoms with Gasteiger partial charge in [-0.25, -0.2) is 4.98 Å². The molecule has 0 radical (unpaired) electrons. The van der Waals surface area contributed by atoms with E-state index in [1.54, 1.807) is 12.4 Å². The molecule has 2 aromatic carbocycles. The first-order valence-corrected chi connectivity index (χ1v) is 5.98. The zero-order valence-electron chi connectivity index (χ0n) is 10.2. The lowest BCUT2D eigenvalue weighted by molar-refractivity contribution is 0.480. The van der Waals surface area contributed by atoms with Crippen molar-refractivity contribution in [3.63, 3.8) is 0 Å². The summed E-state index contributed by atoms with van der Waals surface area (Å²) in [6.45, 7) is 0. The molecule has 2 heterocycles. The fraction of sp³-hybridized carbons (Fsp3) is 0. The Bertz CT molecular complexity index is 771. The predicted molar refractivity (Wildman–Crippen MR) is 76.1 cm³/mol. The Kier molecular flexibility index (Phi) is 2.90. The second-order valence-corrected chi connectivity index (χ2v) is 4.14. The molecule has 94 valence electrons. The van der Waals surface area contributed by atoms with Crippen molar-refractivity contribution in [2.45, 2.75) is 0 Å². The highest BCUT2D eigenvalue weighted by Crippen LogP contribution is 2.21. The molecular formula is C15H13N3O. The summed E-state index contributed by atoms with van der Waals surface area (Å²) in [6, 6.07) is 15.3. The minimum Gasteiger partial charge on any atom is -0.506 e. The molecule has 0 bridgehead atoms.